The van der Waals surface area contributed by atoms with E-state index in [0.29, 0.717) is 16.7 Å². The third-order valence-corrected chi connectivity index (χ3v) is 4.93. The Balaban J connectivity index is 1.89. The predicted molar refractivity (Wildman–Crippen MR) is 80.3 cm³/mol. The molecule has 4 rings (SSSR count). The maximum atomic E-state index is 12.6. The molecule has 0 aromatic carbocycles. The summed E-state index contributed by atoms with van der Waals surface area (Å²) >= 11 is 7.23. The van der Waals surface area contributed by atoms with E-state index in [0.717, 1.165) is 17.7 Å². The van der Waals surface area contributed by atoms with Gasteiger partial charge in [-0.15, -0.1) is 11.3 Å². The first-order valence-corrected chi connectivity index (χ1v) is 8.19. The summed E-state index contributed by atoms with van der Waals surface area (Å²) in [5.74, 6) is -0.297. The molecule has 5 nitrogen and oxygen atoms in total. The van der Waals surface area contributed by atoms with Crippen LogP contribution in [0, 0.1) is 5.92 Å². The van der Waals surface area contributed by atoms with Gasteiger partial charge in [0.05, 0.1) is 11.1 Å². The number of pyridine rings is 1. The molecule has 1 aliphatic rings. The van der Waals surface area contributed by atoms with Crippen LogP contribution in [0.4, 0.5) is 0 Å². The number of rotatable bonds is 4. The van der Waals surface area contributed by atoms with Crippen molar-refractivity contribution in [2.24, 2.45) is 5.92 Å². The monoisotopic (exact) mass is 333 g/mol. The molecule has 22 heavy (non-hydrogen) atoms. The first-order chi connectivity index (χ1) is 10.6. The summed E-state index contributed by atoms with van der Waals surface area (Å²) in [5.41, 5.74) is 0.972. The van der Waals surface area contributed by atoms with Crippen molar-refractivity contribution >= 4 is 34.4 Å². The number of aromatic nitrogens is 3. The lowest BCUT2D eigenvalue weighted by Crippen LogP contribution is -2.24. The molecule has 0 unspecified atom stereocenters. The molecule has 0 radical (unpaired) electrons. The van der Waals surface area contributed by atoms with E-state index in [-0.39, 0.29) is 23.3 Å². The maximum Gasteiger partial charge on any atom is 0.286 e. The Morgan fingerprint density at radius 1 is 1.50 bits per heavy atom. The van der Waals surface area contributed by atoms with Crippen molar-refractivity contribution in [1.29, 1.82) is 0 Å². The summed E-state index contributed by atoms with van der Waals surface area (Å²) < 4.78 is 3.77. The van der Waals surface area contributed by atoms with E-state index in [2.05, 4.69) is 4.98 Å². The molecule has 3 heterocycles. The summed E-state index contributed by atoms with van der Waals surface area (Å²) in [7, 11) is 0. The zero-order valence-electron chi connectivity index (χ0n) is 11.5. The maximum absolute atomic E-state index is 12.6. The van der Waals surface area contributed by atoms with E-state index >= 15 is 0 Å². The second kappa shape index (κ2) is 5.07. The van der Waals surface area contributed by atoms with Crippen molar-refractivity contribution in [2.45, 2.75) is 19.4 Å². The SMILES string of the molecule is O=C(c1c([O-])[n+]2ccccc2n1Cc1cnc(Cl)s1)C1CC1. The highest BCUT2D eigenvalue weighted by molar-refractivity contribution is 7.15. The standard InChI is InChI=1S/C15H12ClN3O2S/c16-15-17-7-10(22-15)8-19-11-3-1-2-6-18(11)14(21)12(19)13(20)9-4-5-9/h1-3,6-7,9H,4-5,8H2. The van der Waals surface area contributed by atoms with Gasteiger partial charge in [0, 0.05) is 18.2 Å². The van der Waals surface area contributed by atoms with Crippen LogP contribution >= 0.6 is 22.9 Å². The molecule has 0 saturated heterocycles. The van der Waals surface area contributed by atoms with Crippen LogP contribution in [0.15, 0.2) is 30.6 Å². The van der Waals surface area contributed by atoms with Crippen LogP contribution in [-0.4, -0.2) is 15.3 Å². The normalized spacial score (nSPS) is 14.6. The van der Waals surface area contributed by atoms with E-state index < -0.39 is 0 Å². The van der Waals surface area contributed by atoms with Gasteiger partial charge in [-0.3, -0.25) is 4.79 Å². The van der Waals surface area contributed by atoms with Crippen molar-refractivity contribution in [3.05, 3.63) is 45.6 Å². The number of nitrogens with zero attached hydrogens (tertiary/aromatic N) is 3. The van der Waals surface area contributed by atoms with Crippen molar-refractivity contribution < 1.29 is 14.3 Å². The summed E-state index contributed by atoms with van der Waals surface area (Å²) in [5, 5.41) is 12.6. The molecule has 0 bridgehead atoms. The summed E-state index contributed by atoms with van der Waals surface area (Å²) in [6, 6.07) is 5.48. The smallest absolute Gasteiger partial charge is 0.286 e. The third kappa shape index (κ3) is 2.19. The van der Waals surface area contributed by atoms with Crippen LogP contribution in [-0.2, 0) is 6.54 Å². The van der Waals surface area contributed by atoms with Crippen LogP contribution in [0.25, 0.3) is 5.65 Å². The second-order valence-corrected chi connectivity index (χ2v) is 7.08. The van der Waals surface area contributed by atoms with Gasteiger partial charge < -0.3 is 5.11 Å². The molecule has 0 amide bonds. The molecule has 1 aliphatic carbocycles. The molecule has 0 N–H and O–H groups in total. The first kappa shape index (κ1) is 13.7. The number of halogens is 1. The van der Waals surface area contributed by atoms with Crippen molar-refractivity contribution in [1.82, 2.24) is 9.55 Å². The summed E-state index contributed by atoms with van der Waals surface area (Å²) in [4.78, 5) is 17.5. The average molecular weight is 334 g/mol. The topological polar surface area (TPSA) is 62.0 Å². The lowest BCUT2D eigenvalue weighted by molar-refractivity contribution is -0.582. The van der Waals surface area contributed by atoms with Crippen LogP contribution in [0.5, 0.6) is 5.88 Å². The van der Waals surface area contributed by atoms with Crippen molar-refractivity contribution in [3.63, 3.8) is 0 Å². The Labute approximate surface area is 135 Å². The highest BCUT2D eigenvalue weighted by atomic mass is 35.5. The fourth-order valence-electron chi connectivity index (χ4n) is 2.62. The van der Waals surface area contributed by atoms with Gasteiger partial charge in [0.25, 0.3) is 5.65 Å². The van der Waals surface area contributed by atoms with Gasteiger partial charge in [-0.2, -0.15) is 0 Å². The Bertz CT molecular complexity index is 882. The largest absolute Gasteiger partial charge is 0.839 e. The quantitative estimate of drug-likeness (QED) is 0.542. The molecular weight excluding hydrogens is 322 g/mol. The van der Waals surface area contributed by atoms with Gasteiger partial charge >= 0.3 is 0 Å². The van der Waals surface area contributed by atoms with Gasteiger partial charge in [-0.05, 0) is 18.9 Å². The minimum absolute atomic E-state index is 0.00131. The summed E-state index contributed by atoms with van der Waals surface area (Å²) in [6.45, 7) is 0.425. The Hall–Kier alpha value is -1.92. The number of fused-ring (bicyclic) bond motifs is 1. The second-order valence-electron chi connectivity index (χ2n) is 5.39. The number of hydrogen-bond donors (Lipinski definition) is 0. The predicted octanol–water partition coefficient (Wildman–Crippen LogP) is 2.05. The fourth-order valence-corrected chi connectivity index (χ4v) is 3.59. The molecule has 0 spiro atoms. The van der Waals surface area contributed by atoms with E-state index in [1.807, 2.05) is 12.1 Å². The fraction of sp³-hybridized carbons (Fsp3) is 0.267. The molecule has 3 aromatic heterocycles. The zero-order chi connectivity index (χ0) is 15.3. The minimum Gasteiger partial charge on any atom is -0.839 e. The van der Waals surface area contributed by atoms with E-state index in [1.165, 1.54) is 15.7 Å². The molecular formula is C15H12ClN3O2S. The van der Waals surface area contributed by atoms with Crippen LogP contribution < -0.4 is 9.51 Å². The lowest BCUT2D eigenvalue weighted by Gasteiger charge is -2.03. The molecule has 1 fully saturated rings. The number of hydrogen-bond acceptors (Lipinski definition) is 4. The molecule has 0 atom stereocenters. The van der Waals surface area contributed by atoms with Crippen LogP contribution in [0.3, 0.4) is 0 Å². The zero-order valence-corrected chi connectivity index (χ0v) is 13.1. The van der Waals surface area contributed by atoms with Gasteiger partial charge in [0.15, 0.2) is 4.47 Å². The van der Waals surface area contributed by atoms with E-state index in [9.17, 15) is 9.90 Å². The molecule has 1 saturated carbocycles. The average Bonchev–Trinajstić information content (AvgIpc) is 3.24. The summed E-state index contributed by atoms with van der Waals surface area (Å²) in [6.07, 6.45) is 5.12. The first-order valence-electron chi connectivity index (χ1n) is 6.99. The molecule has 112 valence electrons. The molecule has 0 aliphatic heterocycles. The molecule has 3 aromatic rings. The highest BCUT2D eigenvalue weighted by Gasteiger charge is 2.37. The number of carbonyl (C=O) groups excluding carboxylic acids is 1. The number of Topliss-reactive ketones (excluding diaryl/α,β-unsaturated/α-hetero) is 1. The van der Waals surface area contributed by atoms with Crippen LogP contribution in [0.1, 0.15) is 28.2 Å². The van der Waals surface area contributed by atoms with Gasteiger partial charge in [-0.1, -0.05) is 17.7 Å². The van der Waals surface area contributed by atoms with Crippen LogP contribution in [0.2, 0.25) is 4.47 Å². The number of carbonyl (C=O) groups is 1. The number of imidazole rings is 1. The van der Waals surface area contributed by atoms with E-state index in [4.69, 9.17) is 11.6 Å². The van der Waals surface area contributed by atoms with Crippen molar-refractivity contribution in [3.8, 4) is 5.88 Å². The van der Waals surface area contributed by atoms with E-state index in [1.54, 1.807) is 23.0 Å². The lowest BCUT2D eigenvalue weighted by atomic mass is 10.2. The number of ketones is 1. The minimum atomic E-state index is -0.247. The van der Waals surface area contributed by atoms with Gasteiger partial charge in [0.2, 0.25) is 11.5 Å². The highest BCUT2D eigenvalue weighted by Crippen LogP contribution is 2.35. The van der Waals surface area contributed by atoms with Gasteiger partial charge in [-0.25, -0.2) is 14.0 Å². The Kier molecular flexibility index (Phi) is 3.16. The molecule has 7 heteroatoms. The third-order valence-electron chi connectivity index (χ3n) is 3.83. The number of thiazole rings is 1. The van der Waals surface area contributed by atoms with Crippen molar-refractivity contribution in [2.75, 3.05) is 0 Å². The Morgan fingerprint density at radius 2 is 2.32 bits per heavy atom. The Morgan fingerprint density at radius 3 is 3.00 bits per heavy atom. The van der Waals surface area contributed by atoms with Gasteiger partial charge in [0.1, 0.15) is 12.4 Å².